The quantitative estimate of drug-likeness (QED) is 0.664. The van der Waals surface area contributed by atoms with Gasteiger partial charge in [-0.25, -0.2) is 4.90 Å². The second-order valence-corrected chi connectivity index (χ2v) is 7.34. The number of carbonyl (C=O) groups is 3. The molecule has 3 aliphatic rings. The van der Waals surface area contributed by atoms with Gasteiger partial charge in [0.15, 0.2) is 0 Å². The van der Waals surface area contributed by atoms with E-state index in [1.807, 2.05) is 6.92 Å². The Hall–Kier alpha value is -2.14. The van der Waals surface area contributed by atoms with E-state index >= 15 is 0 Å². The summed E-state index contributed by atoms with van der Waals surface area (Å²) >= 11 is 6.24. The third-order valence-corrected chi connectivity index (χ3v) is 5.77. The summed E-state index contributed by atoms with van der Waals surface area (Å²) in [6.45, 7) is 2.54. The lowest BCUT2D eigenvalue weighted by molar-refractivity contribution is -0.123. The molecule has 1 saturated heterocycles. The summed E-state index contributed by atoms with van der Waals surface area (Å²) in [7, 11) is 0. The van der Waals surface area contributed by atoms with Crippen molar-refractivity contribution in [3.05, 3.63) is 40.9 Å². The number of hydrogen-bond donors (Lipinski definition) is 1. The number of amides is 3. The number of halogens is 1. The Morgan fingerprint density at radius 1 is 1.20 bits per heavy atom. The molecule has 2 aliphatic carbocycles. The Kier molecular flexibility index (Phi) is 3.91. The molecule has 1 saturated carbocycles. The monoisotopic (exact) mass is 358 g/mol. The number of carbonyl (C=O) groups excluding carboxylic acids is 3. The van der Waals surface area contributed by atoms with Crippen LogP contribution in [-0.4, -0.2) is 24.3 Å². The third kappa shape index (κ3) is 2.41. The molecule has 4 rings (SSSR count). The van der Waals surface area contributed by atoms with Crippen LogP contribution in [0.25, 0.3) is 0 Å². The Morgan fingerprint density at radius 2 is 1.84 bits per heavy atom. The largest absolute Gasteiger partial charge is 0.352 e. The highest BCUT2D eigenvalue weighted by Crippen LogP contribution is 2.53. The maximum absolute atomic E-state index is 12.8. The van der Waals surface area contributed by atoms with Crippen molar-refractivity contribution in [3.8, 4) is 0 Å². The average Bonchev–Trinajstić information content (AvgIpc) is 3.26. The minimum absolute atomic E-state index is 0.147. The number of anilines is 1. The summed E-state index contributed by atoms with van der Waals surface area (Å²) in [6.07, 6.45) is 5.86. The van der Waals surface area contributed by atoms with Crippen molar-refractivity contribution in [2.24, 2.45) is 23.7 Å². The first-order valence-electron chi connectivity index (χ1n) is 8.66. The Bertz CT molecular complexity index is 774. The molecule has 2 fully saturated rings. The van der Waals surface area contributed by atoms with E-state index in [0.717, 1.165) is 12.8 Å². The summed E-state index contributed by atoms with van der Waals surface area (Å²) in [5.74, 6) is -0.687. The van der Waals surface area contributed by atoms with Gasteiger partial charge in [0.05, 0.1) is 28.1 Å². The summed E-state index contributed by atoms with van der Waals surface area (Å²) in [4.78, 5) is 39.0. The highest BCUT2D eigenvalue weighted by molar-refractivity contribution is 6.34. The van der Waals surface area contributed by atoms with Crippen molar-refractivity contribution in [1.82, 2.24) is 5.32 Å². The minimum atomic E-state index is -0.253. The number of allylic oxidation sites excluding steroid dienone is 2. The van der Waals surface area contributed by atoms with E-state index in [4.69, 9.17) is 11.6 Å². The van der Waals surface area contributed by atoms with Gasteiger partial charge in [-0.05, 0) is 42.9 Å². The van der Waals surface area contributed by atoms with Crippen LogP contribution in [0.15, 0.2) is 30.4 Å². The molecule has 1 N–H and O–H groups in total. The van der Waals surface area contributed by atoms with Gasteiger partial charge in [0.1, 0.15) is 0 Å². The van der Waals surface area contributed by atoms with Gasteiger partial charge < -0.3 is 5.32 Å². The number of hydrogen-bond acceptors (Lipinski definition) is 3. The van der Waals surface area contributed by atoms with Crippen molar-refractivity contribution in [3.63, 3.8) is 0 Å². The first-order chi connectivity index (χ1) is 12.0. The average molecular weight is 359 g/mol. The molecule has 130 valence electrons. The molecule has 0 radical (unpaired) electrons. The number of benzene rings is 1. The van der Waals surface area contributed by atoms with Gasteiger partial charge in [-0.15, -0.1) is 0 Å². The maximum atomic E-state index is 12.8. The van der Waals surface area contributed by atoms with Crippen LogP contribution in [0.5, 0.6) is 0 Å². The van der Waals surface area contributed by atoms with E-state index in [9.17, 15) is 14.4 Å². The molecule has 1 aromatic rings. The second-order valence-electron chi connectivity index (χ2n) is 6.93. The van der Waals surface area contributed by atoms with Crippen molar-refractivity contribution >= 4 is 35.0 Å². The van der Waals surface area contributed by atoms with E-state index in [-0.39, 0.29) is 46.4 Å². The van der Waals surface area contributed by atoms with E-state index in [2.05, 4.69) is 17.5 Å². The highest BCUT2D eigenvalue weighted by Gasteiger charge is 2.59. The zero-order chi connectivity index (χ0) is 17.7. The lowest BCUT2D eigenvalue weighted by atomic mass is 9.85. The fraction of sp³-hybridized carbons (Fsp3) is 0.421. The molecular formula is C19H19ClN2O3. The van der Waals surface area contributed by atoms with Crippen molar-refractivity contribution in [2.45, 2.75) is 19.8 Å². The first kappa shape index (κ1) is 16.3. The topological polar surface area (TPSA) is 66.5 Å². The number of rotatable bonds is 4. The molecule has 2 bridgehead atoms. The molecule has 1 aromatic carbocycles. The molecule has 0 aromatic heterocycles. The fourth-order valence-corrected chi connectivity index (χ4v) is 4.58. The van der Waals surface area contributed by atoms with E-state index in [0.29, 0.717) is 17.8 Å². The molecule has 4 atom stereocenters. The third-order valence-electron chi connectivity index (χ3n) is 5.46. The van der Waals surface area contributed by atoms with Crippen LogP contribution in [0.4, 0.5) is 5.69 Å². The second kappa shape index (κ2) is 5.99. The van der Waals surface area contributed by atoms with Crippen molar-refractivity contribution < 1.29 is 14.4 Å². The van der Waals surface area contributed by atoms with Crippen LogP contribution in [-0.2, 0) is 9.59 Å². The van der Waals surface area contributed by atoms with Crippen LogP contribution < -0.4 is 10.2 Å². The Morgan fingerprint density at radius 3 is 2.40 bits per heavy atom. The molecule has 0 unspecified atom stereocenters. The summed E-state index contributed by atoms with van der Waals surface area (Å²) in [5.41, 5.74) is 0.792. The molecule has 3 amide bonds. The lowest BCUT2D eigenvalue weighted by Crippen LogP contribution is -2.33. The molecule has 0 spiro atoms. The van der Waals surface area contributed by atoms with Gasteiger partial charge >= 0.3 is 0 Å². The normalized spacial score (nSPS) is 29.4. The molecule has 25 heavy (non-hydrogen) atoms. The lowest BCUT2D eigenvalue weighted by Gasteiger charge is -2.18. The first-order valence-corrected chi connectivity index (χ1v) is 9.04. The smallest absolute Gasteiger partial charge is 0.252 e. The van der Waals surface area contributed by atoms with Gasteiger partial charge in [-0.1, -0.05) is 30.7 Å². The molecule has 1 aliphatic heterocycles. The minimum Gasteiger partial charge on any atom is -0.352 e. The Balaban J connectivity index is 1.61. The maximum Gasteiger partial charge on any atom is 0.252 e. The standard InChI is InChI=1S/C19H19ClN2O3/c1-2-7-21-17(23)13-6-5-12(9-14(13)20)22-18(24)15-10-3-4-11(8-10)16(15)19(22)25/h3-6,9-11,15-16H,2,7-8H2,1H3,(H,21,23)/t10-,11-,15+,16+/m0/s1. The molecular weight excluding hydrogens is 340 g/mol. The predicted octanol–water partition coefficient (Wildman–Crippen LogP) is 2.79. The SMILES string of the molecule is CCCNC(=O)c1ccc(N2C(=O)[C@H]3[C@H](C2=O)[C@H]2C=C[C@H]3C2)cc1Cl. The van der Waals surface area contributed by atoms with Gasteiger partial charge in [-0.3, -0.25) is 14.4 Å². The van der Waals surface area contributed by atoms with E-state index in [1.165, 1.54) is 11.0 Å². The molecule has 5 nitrogen and oxygen atoms in total. The number of imide groups is 1. The van der Waals surface area contributed by atoms with Crippen LogP contribution in [0, 0.1) is 23.7 Å². The van der Waals surface area contributed by atoms with Gasteiger partial charge in [0.25, 0.3) is 5.91 Å². The highest BCUT2D eigenvalue weighted by atomic mass is 35.5. The van der Waals surface area contributed by atoms with Gasteiger partial charge in [0, 0.05) is 6.54 Å². The van der Waals surface area contributed by atoms with Gasteiger partial charge in [0.2, 0.25) is 11.8 Å². The van der Waals surface area contributed by atoms with Crippen molar-refractivity contribution in [1.29, 1.82) is 0 Å². The van der Waals surface area contributed by atoms with Gasteiger partial charge in [-0.2, -0.15) is 0 Å². The van der Waals surface area contributed by atoms with Crippen LogP contribution in [0.1, 0.15) is 30.1 Å². The van der Waals surface area contributed by atoms with Crippen LogP contribution in [0.3, 0.4) is 0 Å². The van der Waals surface area contributed by atoms with Crippen molar-refractivity contribution in [2.75, 3.05) is 11.4 Å². The van der Waals surface area contributed by atoms with Crippen LogP contribution in [0.2, 0.25) is 5.02 Å². The summed E-state index contributed by atoms with van der Waals surface area (Å²) < 4.78 is 0. The Labute approximate surface area is 151 Å². The van der Waals surface area contributed by atoms with Crippen LogP contribution >= 0.6 is 11.6 Å². The zero-order valence-corrected chi connectivity index (χ0v) is 14.6. The predicted molar refractivity (Wildman–Crippen MR) is 94.3 cm³/mol. The van der Waals surface area contributed by atoms with E-state index < -0.39 is 0 Å². The van der Waals surface area contributed by atoms with E-state index in [1.54, 1.807) is 12.1 Å². The summed E-state index contributed by atoms with van der Waals surface area (Å²) in [6, 6.07) is 4.73. The zero-order valence-electron chi connectivity index (χ0n) is 13.9. The number of nitrogens with one attached hydrogen (secondary N) is 1. The number of nitrogens with zero attached hydrogens (tertiary/aromatic N) is 1. The fourth-order valence-electron chi connectivity index (χ4n) is 4.32. The molecule has 6 heteroatoms. The molecule has 1 heterocycles. The summed E-state index contributed by atoms with van der Waals surface area (Å²) in [5, 5.41) is 3.01. The number of fused-ring (bicyclic) bond motifs is 5.